The van der Waals surface area contributed by atoms with E-state index < -0.39 is 16.8 Å². The van der Waals surface area contributed by atoms with Crippen LogP contribution in [0.5, 0.6) is 0 Å². The van der Waals surface area contributed by atoms with Gasteiger partial charge < -0.3 is 14.1 Å². The standard InChI is InChI=1S/C11H16N2O5/c1-3-12(4-2)7-8-17-11(14)9-5-6-10(18-9)13(15)16/h5-6H,3-4,7-8H2,1-2H3. The molecule has 0 spiro atoms. The smallest absolute Gasteiger partial charge is 0.433 e. The number of esters is 1. The highest BCUT2D eigenvalue weighted by molar-refractivity contribution is 5.86. The van der Waals surface area contributed by atoms with Crippen molar-refractivity contribution in [2.24, 2.45) is 0 Å². The van der Waals surface area contributed by atoms with Gasteiger partial charge in [-0.15, -0.1) is 0 Å². The van der Waals surface area contributed by atoms with E-state index in [1.807, 2.05) is 13.8 Å². The highest BCUT2D eigenvalue weighted by Crippen LogP contribution is 2.16. The fourth-order valence-corrected chi connectivity index (χ4v) is 1.41. The second kappa shape index (κ2) is 6.75. The van der Waals surface area contributed by atoms with Gasteiger partial charge in [-0.25, -0.2) is 4.79 Å². The van der Waals surface area contributed by atoms with Gasteiger partial charge in [0.1, 0.15) is 11.5 Å². The zero-order chi connectivity index (χ0) is 13.5. The molecule has 0 atom stereocenters. The van der Waals surface area contributed by atoms with Crippen LogP contribution in [0.4, 0.5) is 5.88 Å². The first-order valence-electron chi connectivity index (χ1n) is 5.72. The van der Waals surface area contributed by atoms with Gasteiger partial charge >= 0.3 is 11.9 Å². The number of hydrogen-bond acceptors (Lipinski definition) is 6. The van der Waals surface area contributed by atoms with Crippen LogP contribution in [0.15, 0.2) is 16.5 Å². The Bertz CT molecular complexity index is 411. The third kappa shape index (κ3) is 3.85. The maximum Gasteiger partial charge on any atom is 0.433 e. The summed E-state index contributed by atoms with van der Waals surface area (Å²) in [5.41, 5.74) is 0. The lowest BCUT2D eigenvalue weighted by Gasteiger charge is -2.17. The van der Waals surface area contributed by atoms with Crippen LogP contribution in [0.25, 0.3) is 0 Å². The van der Waals surface area contributed by atoms with Crippen molar-refractivity contribution in [3.8, 4) is 0 Å². The number of ether oxygens (including phenoxy) is 1. The maximum atomic E-state index is 11.5. The van der Waals surface area contributed by atoms with Crippen LogP contribution in [0.2, 0.25) is 0 Å². The minimum absolute atomic E-state index is 0.152. The second-order valence-corrected chi connectivity index (χ2v) is 3.56. The molecule has 0 amide bonds. The predicted molar refractivity (Wildman–Crippen MR) is 63.4 cm³/mol. The molecule has 1 heterocycles. The Morgan fingerprint density at radius 1 is 1.44 bits per heavy atom. The molecule has 18 heavy (non-hydrogen) atoms. The molecule has 7 nitrogen and oxygen atoms in total. The molecule has 0 fully saturated rings. The summed E-state index contributed by atoms with van der Waals surface area (Å²) >= 11 is 0. The number of furan rings is 1. The zero-order valence-corrected chi connectivity index (χ0v) is 10.4. The summed E-state index contributed by atoms with van der Waals surface area (Å²) < 4.78 is 9.69. The van der Waals surface area contributed by atoms with Gasteiger partial charge in [0.15, 0.2) is 0 Å². The van der Waals surface area contributed by atoms with Crippen LogP contribution in [-0.2, 0) is 4.74 Å². The van der Waals surface area contributed by atoms with Crippen molar-refractivity contribution in [1.29, 1.82) is 0 Å². The van der Waals surface area contributed by atoms with E-state index in [0.717, 1.165) is 19.2 Å². The Morgan fingerprint density at radius 3 is 2.61 bits per heavy atom. The lowest BCUT2D eigenvalue weighted by molar-refractivity contribution is -0.402. The van der Waals surface area contributed by atoms with Crippen molar-refractivity contribution in [3.63, 3.8) is 0 Å². The average Bonchev–Trinajstić information content (AvgIpc) is 2.84. The van der Waals surface area contributed by atoms with Gasteiger partial charge in [-0.2, -0.15) is 0 Å². The van der Waals surface area contributed by atoms with E-state index in [-0.39, 0.29) is 12.4 Å². The summed E-state index contributed by atoms with van der Waals surface area (Å²) in [6.07, 6.45) is 0. The van der Waals surface area contributed by atoms with Gasteiger partial charge in [-0.1, -0.05) is 13.8 Å². The van der Waals surface area contributed by atoms with Gasteiger partial charge in [-0.05, 0) is 19.2 Å². The molecule has 100 valence electrons. The molecule has 0 saturated heterocycles. The summed E-state index contributed by atoms with van der Waals surface area (Å²) in [4.78, 5) is 23.2. The van der Waals surface area contributed by atoms with E-state index in [9.17, 15) is 14.9 Å². The summed E-state index contributed by atoms with van der Waals surface area (Å²) in [7, 11) is 0. The van der Waals surface area contributed by atoms with E-state index in [1.54, 1.807) is 0 Å². The minimum atomic E-state index is -0.702. The summed E-state index contributed by atoms with van der Waals surface area (Å²) in [6.45, 7) is 6.64. The Hall–Kier alpha value is -1.89. The molecular weight excluding hydrogens is 240 g/mol. The Morgan fingerprint density at radius 2 is 2.11 bits per heavy atom. The molecule has 0 unspecified atom stereocenters. The number of carbonyl (C=O) groups is 1. The number of hydrogen-bond donors (Lipinski definition) is 0. The van der Waals surface area contributed by atoms with Crippen LogP contribution in [0.1, 0.15) is 24.4 Å². The maximum absolute atomic E-state index is 11.5. The van der Waals surface area contributed by atoms with E-state index >= 15 is 0 Å². The normalized spacial score (nSPS) is 10.6. The quantitative estimate of drug-likeness (QED) is 0.419. The highest BCUT2D eigenvalue weighted by atomic mass is 16.7. The van der Waals surface area contributed by atoms with Gasteiger partial charge in [0.05, 0.1) is 6.07 Å². The van der Waals surface area contributed by atoms with Crippen LogP contribution in [0, 0.1) is 10.1 Å². The molecule has 1 aromatic rings. The first-order valence-corrected chi connectivity index (χ1v) is 5.72. The predicted octanol–water partition coefficient (Wildman–Crippen LogP) is 1.69. The van der Waals surface area contributed by atoms with Crippen molar-refractivity contribution in [2.45, 2.75) is 13.8 Å². The Balaban J connectivity index is 2.42. The third-order valence-electron chi connectivity index (χ3n) is 2.51. The molecule has 1 aromatic heterocycles. The average molecular weight is 256 g/mol. The highest BCUT2D eigenvalue weighted by Gasteiger charge is 2.18. The molecule has 0 N–H and O–H groups in total. The van der Waals surface area contributed by atoms with Gasteiger partial charge in [0, 0.05) is 6.54 Å². The third-order valence-corrected chi connectivity index (χ3v) is 2.51. The first-order chi connectivity index (χ1) is 8.58. The summed E-state index contributed by atoms with van der Waals surface area (Å²) in [5.74, 6) is -1.30. The van der Waals surface area contributed by atoms with Crippen LogP contribution < -0.4 is 0 Å². The zero-order valence-electron chi connectivity index (χ0n) is 10.4. The summed E-state index contributed by atoms with van der Waals surface area (Å²) in [6, 6.07) is 2.36. The van der Waals surface area contributed by atoms with Crippen LogP contribution in [0.3, 0.4) is 0 Å². The molecule has 0 bridgehead atoms. The Labute approximate surface area is 104 Å². The van der Waals surface area contributed by atoms with Crippen LogP contribution >= 0.6 is 0 Å². The second-order valence-electron chi connectivity index (χ2n) is 3.56. The van der Waals surface area contributed by atoms with Crippen molar-refractivity contribution >= 4 is 11.9 Å². The van der Waals surface area contributed by atoms with Crippen molar-refractivity contribution in [1.82, 2.24) is 4.90 Å². The monoisotopic (exact) mass is 256 g/mol. The molecule has 0 aliphatic rings. The number of rotatable bonds is 7. The lowest BCUT2D eigenvalue weighted by atomic mass is 10.4. The van der Waals surface area contributed by atoms with Gasteiger partial charge in [0.2, 0.25) is 5.76 Å². The largest absolute Gasteiger partial charge is 0.458 e. The molecule has 0 aliphatic carbocycles. The van der Waals surface area contributed by atoms with Crippen LogP contribution in [-0.4, -0.2) is 42.0 Å². The first kappa shape index (κ1) is 14.2. The van der Waals surface area contributed by atoms with E-state index in [1.165, 1.54) is 6.07 Å². The molecule has 0 radical (unpaired) electrons. The minimum Gasteiger partial charge on any atom is -0.458 e. The molecule has 0 aliphatic heterocycles. The number of carbonyl (C=O) groups excluding carboxylic acids is 1. The van der Waals surface area contributed by atoms with Crippen molar-refractivity contribution < 1.29 is 18.9 Å². The molecule has 0 saturated carbocycles. The molecule has 0 aromatic carbocycles. The molecule has 7 heteroatoms. The topological polar surface area (TPSA) is 85.8 Å². The van der Waals surface area contributed by atoms with Crippen molar-refractivity contribution in [3.05, 3.63) is 28.0 Å². The van der Waals surface area contributed by atoms with Gasteiger partial charge in [-0.3, -0.25) is 10.1 Å². The SMILES string of the molecule is CCN(CC)CCOC(=O)c1ccc([N+](=O)[O-])o1. The number of likely N-dealkylation sites (N-methyl/N-ethyl adjacent to an activating group) is 1. The van der Waals surface area contributed by atoms with E-state index in [0.29, 0.717) is 6.54 Å². The Kier molecular flexibility index (Phi) is 5.31. The van der Waals surface area contributed by atoms with Gasteiger partial charge in [0.25, 0.3) is 0 Å². The van der Waals surface area contributed by atoms with E-state index in [2.05, 4.69) is 4.90 Å². The molecule has 1 rings (SSSR count). The lowest BCUT2D eigenvalue weighted by Crippen LogP contribution is -2.27. The fourth-order valence-electron chi connectivity index (χ4n) is 1.41. The number of nitrogens with zero attached hydrogens (tertiary/aromatic N) is 2. The van der Waals surface area contributed by atoms with E-state index in [4.69, 9.17) is 9.15 Å². The fraction of sp³-hybridized carbons (Fsp3) is 0.545. The molecular formula is C11H16N2O5. The van der Waals surface area contributed by atoms with Crippen molar-refractivity contribution in [2.75, 3.05) is 26.2 Å². The number of nitro groups is 1. The summed E-state index contributed by atoms with van der Waals surface area (Å²) in [5, 5.41) is 10.4.